The number of hydrogen-bond donors (Lipinski definition) is 2. The van der Waals surface area contributed by atoms with E-state index in [1.54, 1.807) is 54.6 Å². The van der Waals surface area contributed by atoms with Crippen LogP contribution in [0.15, 0.2) is 69.8 Å². The SMILES string of the molecule is CC(C)COc1ccc(C(=O)Nc2cccc(NC(=O)c3ccco3)c2)cc1Br. The van der Waals surface area contributed by atoms with E-state index in [2.05, 4.69) is 40.4 Å². The Morgan fingerprint density at radius 2 is 1.72 bits per heavy atom. The smallest absolute Gasteiger partial charge is 0.291 e. The van der Waals surface area contributed by atoms with Gasteiger partial charge in [0.2, 0.25) is 0 Å². The predicted molar refractivity (Wildman–Crippen MR) is 116 cm³/mol. The highest BCUT2D eigenvalue weighted by atomic mass is 79.9. The van der Waals surface area contributed by atoms with Gasteiger partial charge in [-0.3, -0.25) is 9.59 Å². The largest absolute Gasteiger partial charge is 0.492 e. The second kappa shape index (κ2) is 9.43. The molecule has 0 radical (unpaired) electrons. The van der Waals surface area contributed by atoms with Crippen LogP contribution in [0.25, 0.3) is 0 Å². The Labute approximate surface area is 177 Å². The van der Waals surface area contributed by atoms with Crippen molar-refractivity contribution in [3.63, 3.8) is 0 Å². The first kappa shape index (κ1) is 20.7. The molecule has 0 aliphatic carbocycles. The summed E-state index contributed by atoms with van der Waals surface area (Å²) < 4.78 is 11.5. The van der Waals surface area contributed by atoms with Crippen LogP contribution in [0.3, 0.4) is 0 Å². The number of rotatable bonds is 7. The van der Waals surface area contributed by atoms with Crippen LogP contribution in [0.4, 0.5) is 11.4 Å². The van der Waals surface area contributed by atoms with Crippen LogP contribution in [0.2, 0.25) is 0 Å². The molecule has 0 unspecified atom stereocenters. The lowest BCUT2D eigenvalue weighted by Crippen LogP contribution is -2.14. The second-order valence-corrected chi connectivity index (χ2v) is 7.67. The van der Waals surface area contributed by atoms with E-state index in [-0.39, 0.29) is 17.6 Å². The van der Waals surface area contributed by atoms with Crippen LogP contribution < -0.4 is 15.4 Å². The number of nitrogens with one attached hydrogen (secondary N) is 2. The summed E-state index contributed by atoms with van der Waals surface area (Å²) in [5, 5.41) is 5.56. The van der Waals surface area contributed by atoms with E-state index in [9.17, 15) is 9.59 Å². The normalized spacial score (nSPS) is 10.6. The summed E-state index contributed by atoms with van der Waals surface area (Å²) in [4.78, 5) is 24.7. The van der Waals surface area contributed by atoms with Crippen molar-refractivity contribution in [1.82, 2.24) is 0 Å². The van der Waals surface area contributed by atoms with Gasteiger partial charge < -0.3 is 19.8 Å². The number of carbonyl (C=O) groups is 2. The average molecular weight is 457 g/mol. The third-order valence-corrected chi connectivity index (χ3v) is 4.51. The van der Waals surface area contributed by atoms with Crippen LogP contribution in [0.1, 0.15) is 34.8 Å². The standard InChI is InChI=1S/C22H21BrN2O4/c1-14(2)13-29-19-9-8-15(11-18(19)23)21(26)24-16-5-3-6-17(12-16)25-22(27)20-7-4-10-28-20/h3-12,14H,13H2,1-2H3,(H,24,26)(H,25,27). The summed E-state index contributed by atoms with van der Waals surface area (Å²) in [5.74, 6) is 0.683. The predicted octanol–water partition coefficient (Wildman–Crippen LogP) is 5.58. The third-order valence-electron chi connectivity index (χ3n) is 3.89. The molecule has 0 aliphatic heterocycles. The Balaban J connectivity index is 1.66. The summed E-state index contributed by atoms with van der Waals surface area (Å²) in [7, 11) is 0. The Bertz CT molecular complexity index is 1000. The van der Waals surface area contributed by atoms with Gasteiger partial charge in [-0.2, -0.15) is 0 Å². The Hall–Kier alpha value is -3.06. The molecule has 0 spiro atoms. The first-order valence-corrected chi connectivity index (χ1v) is 9.90. The maximum absolute atomic E-state index is 12.6. The van der Waals surface area contributed by atoms with Gasteiger partial charge in [-0.15, -0.1) is 0 Å². The number of ether oxygens (including phenoxy) is 1. The van der Waals surface area contributed by atoms with Crippen LogP contribution in [-0.2, 0) is 0 Å². The number of halogens is 1. The number of benzene rings is 2. The molecule has 3 aromatic rings. The minimum absolute atomic E-state index is 0.212. The fourth-order valence-corrected chi connectivity index (χ4v) is 2.99. The van der Waals surface area contributed by atoms with Gasteiger partial charge in [0.05, 0.1) is 17.3 Å². The number of anilines is 2. The fourth-order valence-electron chi connectivity index (χ4n) is 2.49. The number of furan rings is 1. The maximum atomic E-state index is 12.6. The van der Waals surface area contributed by atoms with Crippen molar-refractivity contribution in [1.29, 1.82) is 0 Å². The van der Waals surface area contributed by atoms with E-state index in [1.165, 1.54) is 6.26 Å². The lowest BCUT2D eigenvalue weighted by atomic mass is 10.2. The van der Waals surface area contributed by atoms with E-state index in [1.807, 2.05) is 0 Å². The molecule has 7 heteroatoms. The van der Waals surface area contributed by atoms with Gasteiger partial charge in [0.15, 0.2) is 5.76 Å². The molecule has 0 saturated heterocycles. The molecule has 2 N–H and O–H groups in total. The van der Waals surface area contributed by atoms with Gasteiger partial charge in [-0.1, -0.05) is 19.9 Å². The van der Waals surface area contributed by atoms with Crippen molar-refractivity contribution in [3.05, 3.63) is 76.7 Å². The molecule has 6 nitrogen and oxygen atoms in total. The molecule has 150 valence electrons. The quantitative estimate of drug-likeness (QED) is 0.485. The minimum atomic E-state index is -0.362. The monoisotopic (exact) mass is 456 g/mol. The summed E-state index contributed by atoms with van der Waals surface area (Å²) in [5.41, 5.74) is 1.59. The topological polar surface area (TPSA) is 80.6 Å². The molecule has 29 heavy (non-hydrogen) atoms. The van der Waals surface area contributed by atoms with Gasteiger partial charge in [-0.05, 0) is 70.4 Å². The van der Waals surface area contributed by atoms with E-state index in [4.69, 9.17) is 9.15 Å². The molecule has 1 heterocycles. The number of hydrogen-bond acceptors (Lipinski definition) is 4. The molecule has 0 atom stereocenters. The Morgan fingerprint density at radius 1 is 1.00 bits per heavy atom. The van der Waals surface area contributed by atoms with Crippen molar-refractivity contribution >= 4 is 39.1 Å². The molecule has 0 fully saturated rings. The molecular formula is C22H21BrN2O4. The van der Waals surface area contributed by atoms with Crippen molar-refractivity contribution in [2.75, 3.05) is 17.2 Å². The Morgan fingerprint density at radius 3 is 2.34 bits per heavy atom. The molecule has 3 rings (SSSR count). The second-order valence-electron chi connectivity index (χ2n) is 6.82. The summed E-state index contributed by atoms with van der Waals surface area (Å²) in [6.45, 7) is 4.74. The molecule has 2 amide bonds. The van der Waals surface area contributed by atoms with Crippen molar-refractivity contribution < 1.29 is 18.7 Å². The van der Waals surface area contributed by atoms with Crippen molar-refractivity contribution in [2.45, 2.75) is 13.8 Å². The summed E-state index contributed by atoms with van der Waals surface area (Å²) in [6, 6.07) is 15.3. The van der Waals surface area contributed by atoms with E-state index in [0.29, 0.717) is 39.7 Å². The highest BCUT2D eigenvalue weighted by Gasteiger charge is 2.12. The van der Waals surface area contributed by atoms with Crippen molar-refractivity contribution in [3.8, 4) is 5.75 Å². The summed E-state index contributed by atoms with van der Waals surface area (Å²) in [6.07, 6.45) is 1.43. The van der Waals surface area contributed by atoms with Crippen LogP contribution in [0.5, 0.6) is 5.75 Å². The lowest BCUT2D eigenvalue weighted by Gasteiger charge is -2.12. The Kier molecular flexibility index (Phi) is 6.72. The zero-order chi connectivity index (χ0) is 20.8. The third kappa shape index (κ3) is 5.71. The highest BCUT2D eigenvalue weighted by molar-refractivity contribution is 9.10. The average Bonchev–Trinajstić information content (AvgIpc) is 3.22. The maximum Gasteiger partial charge on any atom is 0.291 e. The van der Waals surface area contributed by atoms with Crippen LogP contribution >= 0.6 is 15.9 Å². The summed E-state index contributed by atoms with van der Waals surface area (Å²) >= 11 is 3.45. The minimum Gasteiger partial charge on any atom is -0.492 e. The zero-order valence-electron chi connectivity index (χ0n) is 16.1. The molecular weight excluding hydrogens is 436 g/mol. The number of carbonyl (C=O) groups excluding carboxylic acids is 2. The molecule has 2 aromatic carbocycles. The van der Waals surface area contributed by atoms with Gasteiger partial charge in [0.1, 0.15) is 5.75 Å². The number of amides is 2. The van der Waals surface area contributed by atoms with Crippen LogP contribution in [0, 0.1) is 5.92 Å². The van der Waals surface area contributed by atoms with E-state index in [0.717, 1.165) is 0 Å². The molecule has 0 bridgehead atoms. The van der Waals surface area contributed by atoms with Gasteiger partial charge in [0, 0.05) is 16.9 Å². The van der Waals surface area contributed by atoms with E-state index >= 15 is 0 Å². The van der Waals surface area contributed by atoms with Crippen molar-refractivity contribution in [2.24, 2.45) is 5.92 Å². The molecule has 0 saturated carbocycles. The van der Waals surface area contributed by atoms with Gasteiger partial charge >= 0.3 is 0 Å². The highest BCUT2D eigenvalue weighted by Crippen LogP contribution is 2.27. The first-order chi connectivity index (χ1) is 13.9. The van der Waals surface area contributed by atoms with Crippen LogP contribution in [-0.4, -0.2) is 18.4 Å². The molecule has 1 aromatic heterocycles. The fraction of sp³-hybridized carbons (Fsp3) is 0.182. The van der Waals surface area contributed by atoms with Gasteiger partial charge in [-0.25, -0.2) is 0 Å². The van der Waals surface area contributed by atoms with Gasteiger partial charge in [0.25, 0.3) is 11.8 Å². The zero-order valence-corrected chi connectivity index (χ0v) is 17.7. The van der Waals surface area contributed by atoms with E-state index < -0.39 is 0 Å². The lowest BCUT2D eigenvalue weighted by molar-refractivity contribution is 0.0995. The first-order valence-electron chi connectivity index (χ1n) is 9.11. The molecule has 0 aliphatic rings.